The van der Waals surface area contributed by atoms with Crippen molar-refractivity contribution in [3.8, 4) is 0 Å². The average molecular weight is 365 g/mol. The highest BCUT2D eigenvalue weighted by molar-refractivity contribution is 7.86. The molecule has 1 aliphatic heterocycles. The number of nitrogens with zero attached hydrogens (tertiary/aromatic N) is 1. The Balaban J connectivity index is 1.57. The molecule has 0 N–H and O–H groups in total. The van der Waals surface area contributed by atoms with E-state index in [1.165, 1.54) is 12.1 Å². The van der Waals surface area contributed by atoms with Crippen LogP contribution >= 0.6 is 0 Å². The van der Waals surface area contributed by atoms with Crippen molar-refractivity contribution < 1.29 is 22.2 Å². The average Bonchev–Trinajstić information content (AvgIpc) is 2.98. The summed E-state index contributed by atoms with van der Waals surface area (Å²) in [5.41, 5.74) is 0.795. The van der Waals surface area contributed by atoms with Gasteiger partial charge in [0, 0.05) is 12.8 Å². The smallest absolute Gasteiger partial charge is 0.280 e. The third-order valence-electron chi connectivity index (χ3n) is 5.18. The zero-order chi connectivity index (χ0) is 18.1. The Bertz CT molecular complexity index is 743. The molecule has 0 unspecified atom stereocenters. The molecular formula is C18H23NO5S. The number of carbonyl (C=O) groups is 2. The van der Waals surface area contributed by atoms with Crippen LogP contribution in [0.25, 0.3) is 0 Å². The molecule has 7 heteroatoms. The van der Waals surface area contributed by atoms with Crippen LogP contribution in [0.3, 0.4) is 0 Å². The van der Waals surface area contributed by atoms with Gasteiger partial charge in [0.15, 0.2) is 0 Å². The maximum absolute atomic E-state index is 12.3. The highest BCUT2D eigenvalue weighted by Crippen LogP contribution is 2.46. The monoisotopic (exact) mass is 365 g/mol. The fourth-order valence-corrected chi connectivity index (χ4v) is 4.67. The van der Waals surface area contributed by atoms with Crippen molar-refractivity contribution in [2.45, 2.75) is 50.3 Å². The number of amides is 2. The van der Waals surface area contributed by atoms with Crippen LogP contribution in [0.1, 0.15) is 44.1 Å². The molecule has 2 fully saturated rings. The number of carbonyl (C=O) groups excluding carboxylic acids is 2. The summed E-state index contributed by atoms with van der Waals surface area (Å²) in [6, 6.07) is 6.33. The van der Waals surface area contributed by atoms with Crippen LogP contribution in [0.15, 0.2) is 29.2 Å². The van der Waals surface area contributed by atoms with Gasteiger partial charge in [-0.3, -0.25) is 18.7 Å². The van der Waals surface area contributed by atoms with Gasteiger partial charge in [0.25, 0.3) is 10.1 Å². The number of hydrogen-bond donors (Lipinski definition) is 0. The highest BCUT2D eigenvalue weighted by Gasteiger charge is 2.44. The molecule has 1 aliphatic carbocycles. The van der Waals surface area contributed by atoms with Crippen LogP contribution < -0.4 is 0 Å². The van der Waals surface area contributed by atoms with Gasteiger partial charge in [0.1, 0.15) is 0 Å². The van der Waals surface area contributed by atoms with Crippen molar-refractivity contribution in [2.75, 3.05) is 13.2 Å². The predicted molar refractivity (Wildman–Crippen MR) is 91.2 cm³/mol. The van der Waals surface area contributed by atoms with E-state index in [-0.39, 0.29) is 35.3 Å². The zero-order valence-corrected chi connectivity index (χ0v) is 15.2. The van der Waals surface area contributed by atoms with Gasteiger partial charge >= 0.3 is 0 Å². The first-order valence-electron chi connectivity index (χ1n) is 8.61. The number of piperidine rings is 1. The van der Waals surface area contributed by atoms with Gasteiger partial charge in [-0.05, 0) is 37.3 Å². The molecular weight excluding hydrogens is 342 g/mol. The van der Waals surface area contributed by atoms with E-state index in [2.05, 4.69) is 0 Å². The Morgan fingerprint density at radius 1 is 1.04 bits per heavy atom. The van der Waals surface area contributed by atoms with Crippen LogP contribution in [0, 0.1) is 12.3 Å². The molecule has 0 bridgehead atoms. The maximum atomic E-state index is 12.3. The molecule has 3 rings (SSSR count). The zero-order valence-electron chi connectivity index (χ0n) is 14.4. The Kier molecular flexibility index (Phi) is 4.97. The minimum Gasteiger partial charge on any atom is -0.280 e. The van der Waals surface area contributed by atoms with Gasteiger partial charge in [-0.1, -0.05) is 30.5 Å². The normalized spacial score (nSPS) is 20.4. The first-order chi connectivity index (χ1) is 11.8. The Hall–Kier alpha value is -1.73. The van der Waals surface area contributed by atoms with E-state index in [4.69, 9.17) is 4.18 Å². The number of imide groups is 1. The predicted octanol–water partition coefficient (Wildman–Crippen LogP) is 2.41. The minimum absolute atomic E-state index is 0.0289. The first-order valence-corrected chi connectivity index (χ1v) is 10.0. The van der Waals surface area contributed by atoms with Crippen molar-refractivity contribution in [3.63, 3.8) is 0 Å². The lowest BCUT2D eigenvalue weighted by molar-refractivity contribution is -0.153. The van der Waals surface area contributed by atoms with Gasteiger partial charge in [-0.25, -0.2) is 0 Å². The Morgan fingerprint density at radius 3 is 2.16 bits per heavy atom. The lowest BCUT2D eigenvalue weighted by atomic mass is 9.76. The van der Waals surface area contributed by atoms with Gasteiger partial charge in [0.2, 0.25) is 11.8 Å². The lowest BCUT2D eigenvalue weighted by Gasteiger charge is -2.37. The third kappa shape index (κ3) is 3.93. The molecule has 25 heavy (non-hydrogen) atoms. The van der Waals surface area contributed by atoms with E-state index in [1.807, 2.05) is 6.92 Å². The minimum atomic E-state index is -3.88. The van der Waals surface area contributed by atoms with E-state index < -0.39 is 10.1 Å². The molecule has 1 spiro atoms. The molecule has 2 aliphatic rings. The molecule has 0 radical (unpaired) electrons. The summed E-state index contributed by atoms with van der Waals surface area (Å²) in [6.07, 6.45) is 4.75. The van der Waals surface area contributed by atoms with Gasteiger partial charge < -0.3 is 0 Å². The summed E-state index contributed by atoms with van der Waals surface area (Å²) in [5, 5.41) is 0. The van der Waals surface area contributed by atoms with Crippen LogP contribution in [-0.2, 0) is 23.9 Å². The second kappa shape index (κ2) is 6.88. The van der Waals surface area contributed by atoms with E-state index in [0.717, 1.165) is 36.1 Å². The molecule has 136 valence electrons. The van der Waals surface area contributed by atoms with Gasteiger partial charge in [-0.2, -0.15) is 8.42 Å². The summed E-state index contributed by atoms with van der Waals surface area (Å²) < 4.78 is 29.3. The number of likely N-dealkylation sites (tertiary alicyclic amines) is 1. The van der Waals surface area contributed by atoms with Crippen LogP contribution in [-0.4, -0.2) is 38.3 Å². The van der Waals surface area contributed by atoms with Gasteiger partial charge in [0.05, 0.1) is 18.0 Å². The standard InChI is InChI=1S/C18H23NO5S/c1-14-4-6-15(7-5-14)25(22,23)24-11-10-19-16(20)12-18(13-17(19)21)8-2-3-9-18/h4-7H,2-3,8-13H2,1H3. The van der Waals surface area contributed by atoms with Crippen molar-refractivity contribution in [2.24, 2.45) is 5.41 Å². The number of benzene rings is 1. The fourth-order valence-electron chi connectivity index (χ4n) is 3.77. The molecule has 1 aromatic carbocycles. The fraction of sp³-hybridized carbons (Fsp3) is 0.556. The van der Waals surface area contributed by atoms with Crippen LogP contribution in [0.4, 0.5) is 0 Å². The van der Waals surface area contributed by atoms with Crippen molar-refractivity contribution >= 4 is 21.9 Å². The quantitative estimate of drug-likeness (QED) is 0.591. The summed E-state index contributed by atoms with van der Waals surface area (Å²) in [7, 11) is -3.88. The number of hydrogen-bond acceptors (Lipinski definition) is 5. The Morgan fingerprint density at radius 2 is 1.60 bits per heavy atom. The molecule has 1 saturated heterocycles. The second-order valence-corrected chi connectivity index (χ2v) is 8.70. The number of rotatable bonds is 5. The van der Waals surface area contributed by atoms with E-state index in [0.29, 0.717) is 12.8 Å². The summed E-state index contributed by atoms with van der Waals surface area (Å²) in [6.45, 7) is 1.61. The number of aryl methyl sites for hydroxylation is 1. The molecule has 0 aromatic heterocycles. The molecule has 2 amide bonds. The maximum Gasteiger partial charge on any atom is 0.297 e. The Labute approximate surface area is 148 Å². The molecule has 1 heterocycles. The largest absolute Gasteiger partial charge is 0.297 e. The van der Waals surface area contributed by atoms with Crippen molar-refractivity contribution in [1.29, 1.82) is 0 Å². The molecule has 1 aromatic rings. The SMILES string of the molecule is Cc1ccc(S(=O)(=O)OCCN2C(=O)CC3(CCCC3)CC2=O)cc1. The lowest BCUT2D eigenvalue weighted by Crippen LogP contribution is -2.48. The van der Waals surface area contributed by atoms with E-state index >= 15 is 0 Å². The van der Waals surface area contributed by atoms with Crippen LogP contribution in [0.5, 0.6) is 0 Å². The third-order valence-corrected chi connectivity index (χ3v) is 6.51. The van der Waals surface area contributed by atoms with E-state index in [1.54, 1.807) is 12.1 Å². The van der Waals surface area contributed by atoms with Gasteiger partial charge in [-0.15, -0.1) is 0 Å². The second-order valence-electron chi connectivity index (χ2n) is 7.09. The highest BCUT2D eigenvalue weighted by atomic mass is 32.2. The topological polar surface area (TPSA) is 80.8 Å². The van der Waals surface area contributed by atoms with E-state index in [9.17, 15) is 18.0 Å². The molecule has 0 atom stereocenters. The summed E-state index contributed by atoms with van der Waals surface area (Å²) >= 11 is 0. The summed E-state index contributed by atoms with van der Waals surface area (Å²) in [4.78, 5) is 25.9. The molecule has 1 saturated carbocycles. The van der Waals surface area contributed by atoms with Crippen LogP contribution in [0.2, 0.25) is 0 Å². The van der Waals surface area contributed by atoms with Crippen molar-refractivity contribution in [1.82, 2.24) is 4.90 Å². The summed E-state index contributed by atoms with van der Waals surface area (Å²) in [5.74, 6) is -0.427. The van der Waals surface area contributed by atoms with Crippen molar-refractivity contribution in [3.05, 3.63) is 29.8 Å². The molecule has 6 nitrogen and oxygen atoms in total. The first kappa shape index (κ1) is 18.1.